The Labute approximate surface area is 169 Å². The number of hydrogen-bond acceptors (Lipinski definition) is 5. The van der Waals surface area contributed by atoms with E-state index in [-0.39, 0.29) is 11.7 Å². The Bertz CT molecular complexity index is 1080. The number of benzene rings is 2. The number of nitrogens with one attached hydrogen (secondary N) is 1. The lowest BCUT2D eigenvalue weighted by molar-refractivity contribution is -0.113. The minimum absolute atomic E-state index is 0.0921. The molecule has 4 aromatic rings. The van der Waals surface area contributed by atoms with Gasteiger partial charge in [0.25, 0.3) is 0 Å². The van der Waals surface area contributed by atoms with Crippen LogP contribution in [0.5, 0.6) is 0 Å². The molecular weight excluding hydrogens is 398 g/mol. The molecule has 7 heteroatoms. The van der Waals surface area contributed by atoms with Gasteiger partial charge < -0.3 is 5.32 Å². The zero-order valence-electron chi connectivity index (χ0n) is 14.1. The zero-order chi connectivity index (χ0) is 18.6. The van der Waals surface area contributed by atoms with Gasteiger partial charge in [0.15, 0.2) is 0 Å². The number of carbonyl (C=O) groups is 1. The van der Waals surface area contributed by atoms with Gasteiger partial charge in [0.05, 0.1) is 11.1 Å². The fourth-order valence-electron chi connectivity index (χ4n) is 2.65. The average molecular weight is 412 g/mol. The molecule has 0 fully saturated rings. The van der Waals surface area contributed by atoms with Crippen molar-refractivity contribution in [3.8, 4) is 11.1 Å². The molecular formula is C20H14ClN3OS2. The normalized spacial score (nSPS) is 10.9. The van der Waals surface area contributed by atoms with Gasteiger partial charge in [0.2, 0.25) is 5.91 Å². The zero-order valence-corrected chi connectivity index (χ0v) is 16.4. The number of aromatic nitrogens is 2. The third-order valence-electron chi connectivity index (χ3n) is 3.89. The quantitative estimate of drug-likeness (QED) is 0.336. The summed E-state index contributed by atoms with van der Waals surface area (Å²) in [5.41, 5.74) is 2.93. The summed E-state index contributed by atoms with van der Waals surface area (Å²) in [6, 6.07) is 17.2. The summed E-state index contributed by atoms with van der Waals surface area (Å²) in [6.45, 7) is 0. The number of carbonyl (C=O) groups excluding carboxylic acids is 1. The first kappa shape index (κ1) is 18.0. The first-order valence-corrected chi connectivity index (χ1v) is 10.4. The third-order valence-corrected chi connectivity index (χ3v) is 6.02. The van der Waals surface area contributed by atoms with E-state index >= 15 is 0 Å². The number of thiophene rings is 1. The van der Waals surface area contributed by atoms with Crippen molar-refractivity contribution in [3.05, 3.63) is 71.3 Å². The van der Waals surface area contributed by atoms with Crippen LogP contribution >= 0.6 is 34.7 Å². The van der Waals surface area contributed by atoms with Crippen molar-refractivity contribution in [2.45, 2.75) is 5.03 Å². The number of hydrogen-bond donors (Lipinski definition) is 1. The van der Waals surface area contributed by atoms with Gasteiger partial charge in [-0.05, 0) is 29.8 Å². The van der Waals surface area contributed by atoms with Crippen molar-refractivity contribution in [2.24, 2.45) is 0 Å². The topological polar surface area (TPSA) is 54.9 Å². The average Bonchev–Trinajstić information content (AvgIpc) is 3.14. The molecule has 0 aliphatic rings. The van der Waals surface area contributed by atoms with E-state index in [0.717, 1.165) is 32.1 Å². The van der Waals surface area contributed by atoms with Gasteiger partial charge in [0, 0.05) is 21.7 Å². The second-order valence-corrected chi connectivity index (χ2v) is 7.98. The molecule has 2 aromatic heterocycles. The van der Waals surface area contributed by atoms with Crippen LogP contribution in [-0.2, 0) is 4.79 Å². The Morgan fingerprint density at radius 3 is 2.63 bits per heavy atom. The van der Waals surface area contributed by atoms with Crippen LogP contribution in [0.4, 0.5) is 5.69 Å². The lowest BCUT2D eigenvalue weighted by Crippen LogP contribution is -2.14. The standard InChI is InChI=1S/C20H14ClN3OS2/c21-14-6-8-15(9-7-14)24-17(25)11-27-20-18-16(13-4-2-1-3-5-13)10-26-19(18)22-12-23-20/h1-10,12H,11H2,(H,24,25). The molecule has 134 valence electrons. The van der Waals surface area contributed by atoms with Crippen molar-refractivity contribution in [1.82, 2.24) is 9.97 Å². The van der Waals surface area contributed by atoms with Crippen LogP contribution in [0.2, 0.25) is 5.02 Å². The predicted molar refractivity (Wildman–Crippen MR) is 114 cm³/mol. The molecule has 4 rings (SSSR count). The molecule has 4 nitrogen and oxygen atoms in total. The smallest absolute Gasteiger partial charge is 0.234 e. The first-order chi connectivity index (χ1) is 13.2. The summed E-state index contributed by atoms with van der Waals surface area (Å²) in [5, 5.41) is 7.40. The van der Waals surface area contributed by atoms with Crippen LogP contribution in [0.25, 0.3) is 21.3 Å². The van der Waals surface area contributed by atoms with Crippen molar-refractivity contribution in [2.75, 3.05) is 11.1 Å². The summed E-state index contributed by atoms with van der Waals surface area (Å²) in [7, 11) is 0. The van der Waals surface area contributed by atoms with Crippen LogP contribution < -0.4 is 5.32 Å². The highest BCUT2D eigenvalue weighted by molar-refractivity contribution is 8.00. The van der Waals surface area contributed by atoms with E-state index in [1.165, 1.54) is 11.8 Å². The second-order valence-electron chi connectivity index (χ2n) is 5.72. The second kappa shape index (κ2) is 8.08. The van der Waals surface area contributed by atoms with Crippen LogP contribution in [-0.4, -0.2) is 21.6 Å². The number of rotatable bonds is 5. The van der Waals surface area contributed by atoms with Gasteiger partial charge in [-0.2, -0.15) is 0 Å². The van der Waals surface area contributed by atoms with E-state index in [1.54, 1.807) is 41.9 Å². The van der Waals surface area contributed by atoms with Crippen molar-refractivity contribution in [1.29, 1.82) is 0 Å². The number of thioether (sulfide) groups is 1. The molecule has 0 unspecified atom stereocenters. The van der Waals surface area contributed by atoms with E-state index in [9.17, 15) is 4.79 Å². The number of amides is 1. The van der Waals surface area contributed by atoms with Gasteiger partial charge in [-0.3, -0.25) is 4.79 Å². The molecule has 0 aliphatic heterocycles. The minimum atomic E-state index is -0.0921. The maximum atomic E-state index is 12.3. The molecule has 0 radical (unpaired) electrons. The van der Waals surface area contributed by atoms with Gasteiger partial charge in [0.1, 0.15) is 16.2 Å². The van der Waals surface area contributed by atoms with Crippen LogP contribution in [0.15, 0.2) is 71.3 Å². The number of halogens is 1. The molecule has 2 heterocycles. The van der Waals surface area contributed by atoms with Crippen molar-refractivity contribution in [3.63, 3.8) is 0 Å². The molecule has 0 bridgehead atoms. The fourth-order valence-corrected chi connectivity index (χ4v) is 4.57. The van der Waals surface area contributed by atoms with E-state index in [2.05, 4.69) is 32.8 Å². The van der Waals surface area contributed by atoms with E-state index < -0.39 is 0 Å². The Morgan fingerprint density at radius 1 is 1.07 bits per heavy atom. The Kier molecular flexibility index (Phi) is 5.38. The molecule has 0 saturated carbocycles. The Morgan fingerprint density at radius 2 is 1.85 bits per heavy atom. The molecule has 0 saturated heterocycles. The highest BCUT2D eigenvalue weighted by atomic mass is 35.5. The van der Waals surface area contributed by atoms with Gasteiger partial charge in [-0.25, -0.2) is 9.97 Å². The lowest BCUT2D eigenvalue weighted by atomic mass is 10.1. The third kappa shape index (κ3) is 4.13. The van der Waals surface area contributed by atoms with Crippen LogP contribution in [0, 0.1) is 0 Å². The summed E-state index contributed by atoms with van der Waals surface area (Å²) in [6.07, 6.45) is 1.55. The van der Waals surface area contributed by atoms with E-state index in [1.807, 2.05) is 18.2 Å². The summed E-state index contributed by atoms with van der Waals surface area (Å²) < 4.78 is 0. The van der Waals surface area contributed by atoms with Crippen molar-refractivity contribution < 1.29 is 4.79 Å². The summed E-state index contributed by atoms with van der Waals surface area (Å²) in [5.74, 6) is 0.171. The highest BCUT2D eigenvalue weighted by Gasteiger charge is 2.14. The largest absolute Gasteiger partial charge is 0.325 e. The minimum Gasteiger partial charge on any atom is -0.325 e. The summed E-state index contributed by atoms with van der Waals surface area (Å²) >= 11 is 8.86. The molecule has 27 heavy (non-hydrogen) atoms. The number of nitrogens with zero attached hydrogens (tertiary/aromatic N) is 2. The van der Waals surface area contributed by atoms with Crippen LogP contribution in [0.3, 0.4) is 0 Å². The molecule has 0 spiro atoms. The fraction of sp³-hybridized carbons (Fsp3) is 0.0500. The maximum Gasteiger partial charge on any atom is 0.234 e. The van der Waals surface area contributed by atoms with Gasteiger partial charge >= 0.3 is 0 Å². The van der Waals surface area contributed by atoms with Crippen molar-refractivity contribution >= 4 is 56.5 Å². The maximum absolute atomic E-state index is 12.3. The molecule has 0 atom stereocenters. The Hall–Kier alpha value is -2.41. The first-order valence-electron chi connectivity index (χ1n) is 8.16. The van der Waals surface area contributed by atoms with Gasteiger partial charge in [-0.1, -0.05) is 53.7 Å². The molecule has 1 N–H and O–H groups in total. The lowest BCUT2D eigenvalue weighted by Gasteiger charge is -2.07. The van der Waals surface area contributed by atoms with E-state index in [4.69, 9.17) is 11.6 Å². The van der Waals surface area contributed by atoms with Gasteiger partial charge in [-0.15, -0.1) is 11.3 Å². The van der Waals surface area contributed by atoms with E-state index in [0.29, 0.717) is 5.02 Å². The molecule has 0 aliphatic carbocycles. The van der Waals surface area contributed by atoms with Crippen LogP contribution in [0.1, 0.15) is 0 Å². The highest BCUT2D eigenvalue weighted by Crippen LogP contribution is 2.37. The molecule has 1 amide bonds. The summed E-state index contributed by atoms with van der Waals surface area (Å²) in [4.78, 5) is 22.0. The number of anilines is 1. The Balaban J connectivity index is 1.54. The SMILES string of the molecule is O=C(CSc1ncnc2scc(-c3ccccc3)c12)Nc1ccc(Cl)cc1. The molecule has 2 aromatic carbocycles. The predicted octanol–water partition coefficient (Wildman–Crippen LogP) is 5.74. The number of fused-ring (bicyclic) bond motifs is 1. The monoisotopic (exact) mass is 411 g/mol.